The van der Waals surface area contributed by atoms with Crippen molar-refractivity contribution < 1.29 is 9.59 Å². The lowest BCUT2D eigenvalue weighted by Gasteiger charge is -2.35. The summed E-state index contributed by atoms with van der Waals surface area (Å²) in [6.45, 7) is 4.99. The van der Waals surface area contributed by atoms with Gasteiger partial charge in [-0.15, -0.1) is 0 Å². The molecule has 7 heteroatoms. The normalized spacial score (nSPS) is 14.1. The summed E-state index contributed by atoms with van der Waals surface area (Å²) < 4.78 is 0. The van der Waals surface area contributed by atoms with Gasteiger partial charge in [0.1, 0.15) is 0 Å². The molecule has 0 bridgehead atoms. The molecule has 1 aliphatic heterocycles. The molecule has 1 aliphatic rings. The Kier molecular flexibility index (Phi) is 6.29. The highest BCUT2D eigenvalue weighted by Gasteiger charge is 2.19. The van der Waals surface area contributed by atoms with Crippen LogP contribution in [0, 0.1) is 0 Å². The van der Waals surface area contributed by atoms with Crippen LogP contribution in [0.5, 0.6) is 0 Å². The molecule has 0 aliphatic carbocycles. The number of hydrogen-bond donors (Lipinski definition) is 1. The Balaban J connectivity index is 1.54. The van der Waals surface area contributed by atoms with E-state index in [0.29, 0.717) is 30.2 Å². The summed E-state index contributed by atoms with van der Waals surface area (Å²) in [6.07, 6.45) is 4.07. The number of piperazine rings is 1. The lowest BCUT2D eigenvalue weighted by atomic mass is 10.1. The molecule has 27 heavy (non-hydrogen) atoms. The zero-order chi connectivity index (χ0) is 19.2. The van der Waals surface area contributed by atoms with Gasteiger partial charge < -0.3 is 15.1 Å². The average Bonchev–Trinajstić information content (AvgIpc) is 2.69. The molecule has 0 unspecified atom stereocenters. The van der Waals surface area contributed by atoms with Crippen molar-refractivity contribution in [1.82, 2.24) is 15.2 Å². The molecule has 2 heterocycles. The van der Waals surface area contributed by atoms with Crippen LogP contribution in [0.15, 0.2) is 42.7 Å². The maximum absolute atomic E-state index is 12.4. The third-order valence-electron chi connectivity index (χ3n) is 4.69. The second kappa shape index (κ2) is 8.86. The van der Waals surface area contributed by atoms with E-state index in [1.54, 1.807) is 19.3 Å². The molecule has 6 nitrogen and oxygen atoms in total. The summed E-state index contributed by atoms with van der Waals surface area (Å²) in [7, 11) is 0. The smallest absolute Gasteiger partial charge is 0.252 e. The van der Waals surface area contributed by atoms with Gasteiger partial charge in [0.25, 0.3) is 5.91 Å². The van der Waals surface area contributed by atoms with Gasteiger partial charge in [0.15, 0.2) is 0 Å². The van der Waals surface area contributed by atoms with Crippen LogP contribution in [0.1, 0.15) is 22.8 Å². The number of halogens is 1. The van der Waals surface area contributed by atoms with Crippen LogP contribution in [0.25, 0.3) is 0 Å². The van der Waals surface area contributed by atoms with Crippen LogP contribution < -0.4 is 10.2 Å². The lowest BCUT2D eigenvalue weighted by Crippen LogP contribution is -2.48. The number of nitrogens with zero attached hydrogens (tertiary/aromatic N) is 3. The molecule has 1 aromatic carbocycles. The van der Waals surface area contributed by atoms with E-state index in [9.17, 15) is 9.59 Å². The van der Waals surface area contributed by atoms with Crippen LogP contribution in [-0.4, -0.2) is 54.4 Å². The maximum atomic E-state index is 12.4. The number of aromatic nitrogens is 1. The van der Waals surface area contributed by atoms with Crippen LogP contribution in [0.4, 0.5) is 5.69 Å². The van der Waals surface area contributed by atoms with Crippen molar-refractivity contribution in [2.24, 2.45) is 0 Å². The summed E-state index contributed by atoms with van der Waals surface area (Å²) in [6, 6.07) is 9.46. The lowest BCUT2D eigenvalue weighted by molar-refractivity contribution is -0.129. The molecule has 0 radical (unpaired) electrons. The Labute approximate surface area is 164 Å². The predicted octanol–water partition coefficient (Wildman–Crippen LogP) is 2.38. The van der Waals surface area contributed by atoms with Gasteiger partial charge in [-0.1, -0.05) is 23.7 Å². The quantitative estimate of drug-likeness (QED) is 0.856. The van der Waals surface area contributed by atoms with Crippen molar-refractivity contribution in [2.75, 3.05) is 37.6 Å². The third-order valence-corrected chi connectivity index (χ3v) is 4.94. The van der Waals surface area contributed by atoms with Crippen LogP contribution in [0.2, 0.25) is 5.02 Å². The number of nitrogens with one attached hydrogen (secondary N) is 1. The molecule has 0 atom stereocenters. The second-order valence-corrected chi connectivity index (χ2v) is 6.99. The fourth-order valence-electron chi connectivity index (χ4n) is 3.08. The van der Waals surface area contributed by atoms with Crippen molar-refractivity contribution in [3.63, 3.8) is 0 Å². The van der Waals surface area contributed by atoms with Gasteiger partial charge in [-0.3, -0.25) is 14.6 Å². The number of hydrogen-bond acceptors (Lipinski definition) is 4. The molecule has 0 saturated carbocycles. The Morgan fingerprint density at radius 3 is 2.48 bits per heavy atom. The molecule has 2 aromatic rings. The number of benzene rings is 1. The first-order valence-electron chi connectivity index (χ1n) is 9.01. The molecule has 2 amide bonds. The van der Waals surface area contributed by atoms with E-state index in [0.717, 1.165) is 30.8 Å². The first kappa shape index (κ1) is 19.2. The minimum Gasteiger partial charge on any atom is -0.367 e. The molecule has 1 fully saturated rings. The summed E-state index contributed by atoms with van der Waals surface area (Å²) in [4.78, 5) is 32.1. The van der Waals surface area contributed by atoms with Crippen molar-refractivity contribution in [3.8, 4) is 0 Å². The standard InChI is InChI=1S/C20H23ClN4O2/c1-15(26)24-8-10-25(11-9-24)19-12-17(13-22-14-19)20(27)23-7-6-16-2-4-18(21)5-3-16/h2-5,12-14H,6-11H2,1H3,(H,23,27). The molecule has 1 aromatic heterocycles. The number of pyridine rings is 1. The SMILES string of the molecule is CC(=O)N1CCN(c2cncc(C(=O)NCCc3ccc(Cl)cc3)c2)CC1. The third kappa shape index (κ3) is 5.20. The summed E-state index contributed by atoms with van der Waals surface area (Å²) >= 11 is 5.88. The molecule has 1 N–H and O–H groups in total. The number of carbonyl (C=O) groups excluding carboxylic acids is 2. The Bertz CT molecular complexity index is 802. The first-order valence-corrected chi connectivity index (χ1v) is 9.39. The number of anilines is 1. The largest absolute Gasteiger partial charge is 0.367 e. The van der Waals surface area contributed by atoms with E-state index in [2.05, 4.69) is 15.2 Å². The fourth-order valence-corrected chi connectivity index (χ4v) is 3.20. The number of carbonyl (C=O) groups is 2. The topological polar surface area (TPSA) is 65.5 Å². The number of rotatable bonds is 5. The molecule has 1 saturated heterocycles. The van der Waals surface area contributed by atoms with E-state index in [1.165, 1.54) is 0 Å². The van der Waals surface area contributed by atoms with Gasteiger partial charge in [-0.05, 0) is 30.2 Å². The zero-order valence-corrected chi connectivity index (χ0v) is 16.1. The maximum Gasteiger partial charge on any atom is 0.252 e. The van der Waals surface area contributed by atoms with E-state index < -0.39 is 0 Å². The van der Waals surface area contributed by atoms with Crippen molar-refractivity contribution >= 4 is 29.1 Å². The highest BCUT2D eigenvalue weighted by atomic mass is 35.5. The summed E-state index contributed by atoms with van der Waals surface area (Å²) in [5, 5.41) is 3.63. The van der Waals surface area contributed by atoms with Gasteiger partial charge >= 0.3 is 0 Å². The minimum atomic E-state index is -0.138. The van der Waals surface area contributed by atoms with Crippen molar-refractivity contribution in [2.45, 2.75) is 13.3 Å². The van der Waals surface area contributed by atoms with Crippen LogP contribution in [-0.2, 0) is 11.2 Å². The average molecular weight is 387 g/mol. The number of amides is 2. The Hall–Kier alpha value is -2.60. The summed E-state index contributed by atoms with van der Waals surface area (Å²) in [5.41, 5.74) is 2.57. The zero-order valence-electron chi connectivity index (χ0n) is 15.3. The van der Waals surface area contributed by atoms with E-state index >= 15 is 0 Å². The van der Waals surface area contributed by atoms with E-state index in [1.807, 2.05) is 35.2 Å². The van der Waals surface area contributed by atoms with E-state index in [-0.39, 0.29) is 11.8 Å². The minimum absolute atomic E-state index is 0.0987. The predicted molar refractivity (Wildman–Crippen MR) is 106 cm³/mol. The van der Waals surface area contributed by atoms with E-state index in [4.69, 9.17) is 11.6 Å². The van der Waals surface area contributed by atoms with Gasteiger partial charge in [0.2, 0.25) is 5.91 Å². The van der Waals surface area contributed by atoms with Crippen LogP contribution in [0.3, 0.4) is 0 Å². The Morgan fingerprint density at radius 1 is 1.11 bits per heavy atom. The molecule has 3 rings (SSSR count). The second-order valence-electron chi connectivity index (χ2n) is 6.56. The first-order chi connectivity index (χ1) is 13.0. The fraction of sp³-hybridized carbons (Fsp3) is 0.350. The molecule has 0 spiro atoms. The Morgan fingerprint density at radius 2 is 1.81 bits per heavy atom. The van der Waals surface area contributed by atoms with Crippen molar-refractivity contribution in [3.05, 3.63) is 58.9 Å². The molecule has 142 valence electrons. The highest BCUT2D eigenvalue weighted by molar-refractivity contribution is 6.30. The molecular formula is C20H23ClN4O2. The monoisotopic (exact) mass is 386 g/mol. The highest BCUT2D eigenvalue weighted by Crippen LogP contribution is 2.17. The molecular weight excluding hydrogens is 364 g/mol. The van der Waals surface area contributed by atoms with Gasteiger partial charge in [0, 0.05) is 50.9 Å². The van der Waals surface area contributed by atoms with Crippen molar-refractivity contribution in [1.29, 1.82) is 0 Å². The van der Waals surface area contributed by atoms with Gasteiger partial charge in [0.05, 0.1) is 17.4 Å². The van der Waals surface area contributed by atoms with Gasteiger partial charge in [-0.25, -0.2) is 0 Å². The van der Waals surface area contributed by atoms with Crippen LogP contribution >= 0.6 is 11.6 Å². The van der Waals surface area contributed by atoms with Gasteiger partial charge in [-0.2, -0.15) is 0 Å². The summed E-state index contributed by atoms with van der Waals surface area (Å²) in [5.74, 6) is -0.0396.